The fourth-order valence-electron chi connectivity index (χ4n) is 2.01. The van der Waals surface area contributed by atoms with Crippen molar-refractivity contribution in [1.82, 2.24) is 9.97 Å². The van der Waals surface area contributed by atoms with Gasteiger partial charge in [0.25, 0.3) is 0 Å². The van der Waals surface area contributed by atoms with E-state index in [4.69, 9.17) is 0 Å². The van der Waals surface area contributed by atoms with Crippen molar-refractivity contribution in [3.8, 4) is 0 Å². The molecule has 2 heterocycles. The van der Waals surface area contributed by atoms with Gasteiger partial charge in [-0.2, -0.15) is 0 Å². The van der Waals surface area contributed by atoms with Crippen LogP contribution in [-0.2, 0) is 0 Å². The number of rotatable bonds is 4. The van der Waals surface area contributed by atoms with Crippen LogP contribution in [0, 0.1) is 12.1 Å². The summed E-state index contributed by atoms with van der Waals surface area (Å²) < 4.78 is 0. The van der Waals surface area contributed by atoms with Crippen LogP contribution in [0.5, 0.6) is 0 Å². The third-order valence-corrected chi connectivity index (χ3v) is 3.72. The number of aromatic nitrogens is 2. The average Bonchev–Trinajstić information content (AvgIpc) is 3.09. The Hall–Kier alpha value is 0.0405. The molecule has 2 aromatic rings. The van der Waals surface area contributed by atoms with Gasteiger partial charge in [-0.3, -0.25) is 0 Å². The van der Waals surface area contributed by atoms with Gasteiger partial charge in [0.2, 0.25) is 0 Å². The zero-order chi connectivity index (χ0) is 16.9. The molecule has 0 saturated heterocycles. The average molecular weight is 388 g/mol. The zero-order valence-electron chi connectivity index (χ0n) is 16.2. The molecular formula is C20H32N2Sr. The molecule has 124 valence electrons. The van der Waals surface area contributed by atoms with Crippen LogP contribution in [0.3, 0.4) is 0 Å². The smallest absolute Gasteiger partial charge is 0.455 e. The predicted molar refractivity (Wildman–Crippen MR) is 101 cm³/mol. The molecule has 0 spiro atoms. The van der Waals surface area contributed by atoms with E-state index < -0.39 is 0 Å². The Morgan fingerprint density at radius 3 is 1.04 bits per heavy atom. The van der Waals surface area contributed by atoms with E-state index >= 15 is 0 Å². The van der Waals surface area contributed by atoms with Crippen LogP contribution in [-0.4, -0.2) is 55.4 Å². The summed E-state index contributed by atoms with van der Waals surface area (Å²) in [6, 6.07) is 10.6. The third kappa shape index (κ3) is 7.64. The molecule has 3 heteroatoms. The predicted octanol–water partition coefficient (Wildman–Crippen LogP) is 5.74. The van der Waals surface area contributed by atoms with Crippen LogP contribution in [0.1, 0.15) is 102 Å². The Kier molecular flexibility index (Phi) is 10.8. The number of H-pyrrole nitrogens is 2. The largest absolute Gasteiger partial charge is 2.00 e. The maximum atomic E-state index is 3.36. The molecule has 0 atom stereocenters. The summed E-state index contributed by atoms with van der Waals surface area (Å²) in [5, 5.41) is 0. The monoisotopic (exact) mass is 388 g/mol. The summed E-state index contributed by atoms with van der Waals surface area (Å²) in [6.07, 6.45) is 0. The van der Waals surface area contributed by atoms with Crippen LogP contribution in [0.2, 0.25) is 0 Å². The molecule has 0 unspecified atom stereocenters. The second-order valence-electron chi connectivity index (χ2n) is 7.18. The van der Waals surface area contributed by atoms with E-state index in [0.717, 1.165) is 0 Å². The molecule has 0 saturated carbocycles. The molecule has 23 heavy (non-hydrogen) atoms. The van der Waals surface area contributed by atoms with Crippen molar-refractivity contribution in [3.05, 3.63) is 47.0 Å². The van der Waals surface area contributed by atoms with Crippen molar-refractivity contribution in [1.29, 1.82) is 0 Å². The Bertz CT molecular complexity index is 452. The van der Waals surface area contributed by atoms with E-state index in [9.17, 15) is 0 Å². The summed E-state index contributed by atoms with van der Waals surface area (Å²) in [5.41, 5.74) is 5.00. The van der Waals surface area contributed by atoms with E-state index in [1.54, 1.807) is 0 Å². The van der Waals surface area contributed by atoms with Crippen molar-refractivity contribution in [2.45, 2.75) is 79.1 Å². The van der Waals surface area contributed by atoms with E-state index in [2.05, 4.69) is 89.6 Å². The van der Waals surface area contributed by atoms with Crippen molar-refractivity contribution in [2.24, 2.45) is 0 Å². The summed E-state index contributed by atoms with van der Waals surface area (Å²) in [6.45, 7) is 17.4. The minimum Gasteiger partial charge on any atom is -0.455 e. The molecule has 2 aromatic heterocycles. The molecule has 2 nitrogen and oxygen atoms in total. The zero-order valence-corrected chi connectivity index (χ0v) is 19.6. The van der Waals surface area contributed by atoms with Gasteiger partial charge in [-0.05, 0) is 11.8 Å². The van der Waals surface area contributed by atoms with E-state index in [-0.39, 0.29) is 45.5 Å². The molecule has 0 aliphatic heterocycles. The SMILES string of the molecule is CC(C)c1[c-]cc(C(C)C)[nH]1.CC(C)c1[c-]cc(C(C)C)[nH]1.[Sr+2]. The molecule has 0 radical (unpaired) electrons. The van der Waals surface area contributed by atoms with Crippen LogP contribution in [0.25, 0.3) is 0 Å². The van der Waals surface area contributed by atoms with Crippen LogP contribution in [0.15, 0.2) is 12.1 Å². The molecule has 2 N–H and O–H groups in total. The van der Waals surface area contributed by atoms with Gasteiger partial charge < -0.3 is 9.97 Å². The number of nitrogens with one attached hydrogen (secondary N) is 2. The van der Waals surface area contributed by atoms with Gasteiger partial charge in [-0.25, -0.2) is 24.3 Å². The van der Waals surface area contributed by atoms with Gasteiger partial charge >= 0.3 is 45.5 Å². The first-order valence-corrected chi connectivity index (χ1v) is 8.43. The van der Waals surface area contributed by atoms with E-state index in [1.807, 2.05) is 0 Å². The Morgan fingerprint density at radius 1 is 0.609 bits per heavy atom. The normalized spacial score (nSPS) is 11.0. The van der Waals surface area contributed by atoms with Gasteiger partial charge in [-0.15, -0.1) is 11.4 Å². The Balaban J connectivity index is 0.000000403. The minimum atomic E-state index is 0. The molecular weight excluding hydrogens is 356 g/mol. The molecule has 0 aliphatic carbocycles. The second-order valence-corrected chi connectivity index (χ2v) is 7.18. The fourth-order valence-corrected chi connectivity index (χ4v) is 2.01. The minimum absolute atomic E-state index is 0. The summed E-state index contributed by atoms with van der Waals surface area (Å²) in [4.78, 5) is 6.71. The quantitative estimate of drug-likeness (QED) is 0.495. The van der Waals surface area contributed by atoms with Crippen molar-refractivity contribution in [2.75, 3.05) is 0 Å². The molecule has 0 fully saturated rings. The molecule has 0 aliphatic rings. The second kappa shape index (κ2) is 10.8. The van der Waals surface area contributed by atoms with Gasteiger partial charge in [0, 0.05) is 0 Å². The van der Waals surface area contributed by atoms with Crippen molar-refractivity contribution >= 4 is 45.5 Å². The third-order valence-electron chi connectivity index (χ3n) is 3.72. The topological polar surface area (TPSA) is 31.6 Å². The van der Waals surface area contributed by atoms with Crippen LogP contribution >= 0.6 is 0 Å². The molecule has 0 aromatic carbocycles. The maximum Gasteiger partial charge on any atom is 2.00 e. The standard InChI is InChI=1S/2C10H16N.Sr/c2*1-7(2)9-5-6-10(11-9)8(3)4;/h2*5,7-8,11H,1-4H3;/q2*-1;+2. The summed E-state index contributed by atoms with van der Waals surface area (Å²) in [5.74, 6) is 2.28. The first kappa shape index (κ1) is 23.0. The van der Waals surface area contributed by atoms with Crippen LogP contribution < -0.4 is 0 Å². The van der Waals surface area contributed by atoms with Crippen molar-refractivity contribution in [3.63, 3.8) is 0 Å². The first-order chi connectivity index (χ1) is 10.2. The van der Waals surface area contributed by atoms with Crippen molar-refractivity contribution < 1.29 is 0 Å². The fraction of sp³-hybridized carbons (Fsp3) is 0.600. The van der Waals surface area contributed by atoms with E-state index in [1.165, 1.54) is 22.8 Å². The summed E-state index contributed by atoms with van der Waals surface area (Å²) >= 11 is 0. The number of aromatic amines is 2. The molecule has 2 rings (SSSR count). The van der Waals surface area contributed by atoms with Gasteiger partial charge in [-0.1, -0.05) is 78.6 Å². The van der Waals surface area contributed by atoms with E-state index in [0.29, 0.717) is 23.7 Å². The van der Waals surface area contributed by atoms with Crippen LogP contribution in [0.4, 0.5) is 0 Å². The summed E-state index contributed by atoms with van der Waals surface area (Å²) in [7, 11) is 0. The first-order valence-electron chi connectivity index (χ1n) is 8.43. The number of hydrogen-bond acceptors (Lipinski definition) is 0. The molecule has 0 amide bonds. The van der Waals surface area contributed by atoms with Gasteiger partial charge in [0.05, 0.1) is 0 Å². The molecule has 0 bridgehead atoms. The van der Waals surface area contributed by atoms with Gasteiger partial charge in [0.1, 0.15) is 0 Å². The maximum absolute atomic E-state index is 3.36. The number of hydrogen-bond donors (Lipinski definition) is 2. The Morgan fingerprint density at radius 2 is 0.913 bits per heavy atom. The Labute approximate surface area is 180 Å². The van der Waals surface area contributed by atoms with Gasteiger partial charge in [0.15, 0.2) is 0 Å².